The van der Waals surface area contributed by atoms with Crippen LogP contribution >= 0.6 is 23.1 Å². The molecule has 5 rings (SSSR count). The fraction of sp³-hybridized carbons (Fsp3) is 0.250. The minimum absolute atomic E-state index is 0.0130. The van der Waals surface area contributed by atoms with Crippen LogP contribution in [0.4, 0.5) is 5.13 Å². The molecule has 2 aromatic heterocycles. The summed E-state index contributed by atoms with van der Waals surface area (Å²) in [6, 6.07) is 17.8. The second kappa shape index (κ2) is 8.88. The quantitative estimate of drug-likeness (QED) is 0.208. The molecule has 6 nitrogen and oxygen atoms in total. The van der Waals surface area contributed by atoms with Crippen molar-refractivity contribution in [3.05, 3.63) is 71.9 Å². The van der Waals surface area contributed by atoms with Crippen molar-refractivity contribution in [2.75, 3.05) is 4.90 Å². The number of hydrogen-bond donors (Lipinski definition) is 1. The predicted molar refractivity (Wildman–Crippen MR) is 128 cm³/mol. The van der Waals surface area contributed by atoms with Crippen molar-refractivity contribution in [1.29, 1.82) is 0 Å². The van der Waals surface area contributed by atoms with Crippen LogP contribution in [0.15, 0.2) is 65.1 Å². The molecule has 4 aromatic rings. The van der Waals surface area contributed by atoms with Gasteiger partial charge in [-0.2, -0.15) is 0 Å². The first-order valence-corrected chi connectivity index (χ1v) is 12.3. The van der Waals surface area contributed by atoms with Crippen molar-refractivity contribution < 1.29 is 9.59 Å². The molecule has 0 unspecified atom stereocenters. The highest BCUT2D eigenvalue weighted by atomic mass is 32.2. The Bertz CT molecular complexity index is 1260. The van der Waals surface area contributed by atoms with Crippen LogP contribution in [0.1, 0.15) is 47.4 Å². The number of thioether (sulfide) groups is 1. The zero-order chi connectivity index (χ0) is 22.1. The molecule has 1 saturated carbocycles. The first kappa shape index (κ1) is 20.9. The second-order valence-corrected chi connectivity index (χ2v) is 10.0. The number of benzene rings is 2. The number of hydrogen-bond acceptors (Lipinski definition) is 6. The lowest BCUT2D eigenvalue weighted by molar-refractivity contribution is -0.118. The highest BCUT2D eigenvalue weighted by Gasteiger charge is 2.35. The number of nitrogens with zero attached hydrogens (tertiary/aromatic N) is 3. The number of anilines is 1. The van der Waals surface area contributed by atoms with E-state index in [0.29, 0.717) is 21.5 Å². The molecule has 1 amide bonds. The average Bonchev–Trinajstić information content (AvgIpc) is 3.39. The smallest absolute Gasteiger partial charge is 0.228 e. The molecule has 0 bridgehead atoms. The second-order valence-electron chi connectivity index (χ2n) is 7.72. The first-order chi connectivity index (χ1) is 15.7. The maximum Gasteiger partial charge on any atom is 0.228 e. The molecule has 0 radical (unpaired) electrons. The van der Waals surface area contributed by atoms with E-state index in [4.69, 9.17) is 0 Å². The van der Waals surface area contributed by atoms with Gasteiger partial charge in [0.2, 0.25) is 11.0 Å². The van der Waals surface area contributed by atoms with E-state index < -0.39 is 5.25 Å². The lowest BCUT2D eigenvalue weighted by Crippen LogP contribution is -2.32. The Kier molecular flexibility index (Phi) is 5.80. The Hall–Kier alpha value is -2.97. The van der Waals surface area contributed by atoms with E-state index in [1.165, 1.54) is 23.1 Å². The number of ketones is 1. The summed E-state index contributed by atoms with van der Waals surface area (Å²) in [6.45, 7) is 1.86. The van der Waals surface area contributed by atoms with E-state index in [1.807, 2.05) is 61.5 Å². The summed E-state index contributed by atoms with van der Waals surface area (Å²) in [6.07, 6.45) is 4.22. The molecule has 0 spiro atoms. The molecule has 32 heavy (non-hydrogen) atoms. The molecule has 1 fully saturated rings. The summed E-state index contributed by atoms with van der Waals surface area (Å²) in [5.41, 5.74) is 2.50. The number of nitrogens with one attached hydrogen (secondary N) is 1. The van der Waals surface area contributed by atoms with Crippen molar-refractivity contribution in [2.24, 2.45) is 0 Å². The van der Waals surface area contributed by atoms with E-state index in [2.05, 4.69) is 15.2 Å². The SMILES string of the molecule is CCC(=O)N(c1nnc(S[C@H](C(=O)c2c[nH]c3ccccc23)c2ccccc2)s1)C1CC1. The summed E-state index contributed by atoms with van der Waals surface area (Å²) < 4.78 is 0.677. The number of carbonyl (C=O) groups excluding carboxylic acids is 2. The molecule has 1 N–H and O–H groups in total. The topological polar surface area (TPSA) is 79.0 Å². The van der Waals surface area contributed by atoms with Gasteiger partial charge in [-0.15, -0.1) is 10.2 Å². The molecule has 2 heterocycles. The minimum atomic E-state index is -0.465. The van der Waals surface area contributed by atoms with Crippen LogP contribution in [0.25, 0.3) is 10.9 Å². The van der Waals surface area contributed by atoms with Gasteiger partial charge in [0, 0.05) is 35.1 Å². The Labute approximate surface area is 194 Å². The minimum Gasteiger partial charge on any atom is -0.360 e. The van der Waals surface area contributed by atoms with Crippen LogP contribution in [0.3, 0.4) is 0 Å². The predicted octanol–water partition coefficient (Wildman–Crippen LogP) is 5.64. The number of rotatable bonds is 8. The molecule has 1 aliphatic rings. The van der Waals surface area contributed by atoms with E-state index in [9.17, 15) is 9.59 Å². The zero-order valence-electron chi connectivity index (χ0n) is 17.5. The van der Waals surface area contributed by atoms with Crippen LogP contribution in [-0.2, 0) is 4.79 Å². The number of H-pyrrole nitrogens is 1. The van der Waals surface area contributed by atoms with E-state index in [-0.39, 0.29) is 17.7 Å². The van der Waals surface area contributed by atoms with Crippen molar-refractivity contribution in [2.45, 2.75) is 41.8 Å². The molecule has 162 valence electrons. The van der Waals surface area contributed by atoms with Crippen molar-refractivity contribution in [3.63, 3.8) is 0 Å². The number of aromatic nitrogens is 3. The maximum absolute atomic E-state index is 13.7. The molecule has 0 aliphatic heterocycles. The van der Waals surface area contributed by atoms with Gasteiger partial charge >= 0.3 is 0 Å². The number of para-hydroxylation sites is 1. The van der Waals surface area contributed by atoms with Gasteiger partial charge in [-0.3, -0.25) is 14.5 Å². The highest BCUT2D eigenvalue weighted by Crippen LogP contribution is 2.43. The molecule has 1 atom stereocenters. The molecule has 0 saturated heterocycles. The van der Waals surface area contributed by atoms with Crippen LogP contribution in [0.5, 0.6) is 0 Å². The highest BCUT2D eigenvalue weighted by molar-refractivity contribution is 8.02. The van der Waals surface area contributed by atoms with Gasteiger partial charge in [-0.05, 0) is 24.5 Å². The van der Waals surface area contributed by atoms with Gasteiger partial charge in [-0.25, -0.2) is 0 Å². The van der Waals surface area contributed by atoms with Crippen molar-refractivity contribution in [3.8, 4) is 0 Å². The summed E-state index contributed by atoms with van der Waals surface area (Å²) in [4.78, 5) is 31.1. The summed E-state index contributed by atoms with van der Waals surface area (Å²) in [5, 5.41) is 9.69. The van der Waals surface area contributed by atoms with Gasteiger partial charge < -0.3 is 4.98 Å². The lowest BCUT2D eigenvalue weighted by Gasteiger charge is -2.17. The Morgan fingerprint density at radius 2 is 1.88 bits per heavy atom. The molecule has 1 aliphatic carbocycles. The number of fused-ring (bicyclic) bond motifs is 1. The largest absolute Gasteiger partial charge is 0.360 e. The molecular formula is C24H22N4O2S2. The summed E-state index contributed by atoms with van der Waals surface area (Å²) in [5.74, 6) is 0.0776. The van der Waals surface area contributed by atoms with Gasteiger partial charge in [0.15, 0.2) is 10.1 Å². The number of carbonyl (C=O) groups is 2. The van der Waals surface area contributed by atoms with Crippen LogP contribution in [0.2, 0.25) is 0 Å². The van der Waals surface area contributed by atoms with Crippen LogP contribution in [0, 0.1) is 0 Å². The van der Waals surface area contributed by atoms with Crippen molar-refractivity contribution in [1.82, 2.24) is 15.2 Å². The zero-order valence-corrected chi connectivity index (χ0v) is 19.2. The van der Waals surface area contributed by atoms with Crippen LogP contribution in [-0.4, -0.2) is 32.9 Å². The monoisotopic (exact) mass is 462 g/mol. The third-order valence-electron chi connectivity index (χ3n) is 5.50. The molecule has 2 aromatic carbocycles. The van der Waals surface area contributed by atoms with E-state index >= 15 is 0 Å². The van der Waals surface area contributed by atoms with Gasteiger partial charge in [-0.1, -0.05) is 78.6 Å². The first-order valence-electron chi connectivity index (χ1n) is 10.6. The average molecular weight is 463 g/mol. The molecule has 8 heteroatoms. The standard InChI is InChI=1S/C24H22N4O2S2/c1-2-20(29)28(16-12-13-16)23-26-27-24(32-23)31-22(15-8-4-3-5-9-15)21(30)18-14-25-19-11-7-6-10-17(18)19/h3-11,14,16,22,25H,2,12-13H2,1H3/t22-/m0/s1. The fourth-order valence-electron chi connectivity index (χ4n) is 3.74. The summed E-state index contributed by atoms with van der Waals surface area (Å²) in [7, 11) is 0. The van der Waals surface area contributed by atoms with Gasteiger partial charge in [0.05, 0.1) is 0 Å². The summed E-state index contributed by atoms with van der Waals surface area (Å²) >= 11 is 2.77. The van der Waals surface area contributed by atoms with Gasteiger partial charge in [0.25, 0.3) is 0 Å². The normalized spacial score (nSPS) is 14.4. The third kappa shape index (κ3) is 4.08. The van der Waals surface area contributed by atoms with Crippen LogP contribution < -0.4 is 4.90 Å². The Morgan fingerprint density at radius 1 is 1.12 bits per heavy atom. The van der Waals surface area contributed by atoms with Crippen molar-refractivity contribution >= 4 is 50.8 Å². The number of amides is 1. The Morgan fingerprint density at radius 3 is 2.62 bits per heavy atom. The number of Topliss-reactive ketones (excluding diaryl/α,β-unsaturated/α-hetero) is 1. The number of aromatic amines is 1. The Balaban J connectivity index is 1.47. The fourth-order valence-corrected chi connectivity index (χ4v) is 5.93. The van der Waals surface area contributed by atoms with Gasteiger partial charge in [0.1, 0.15) is 5.25 Å². The van der Waals surface area contributed by atoms with E-state index in [1.54, 1.807) is 11.1 Å². The third-order valence-corrected chi connectivity index (χ3v) is 7.76. The molecular weight excluding hydrogens is 440 g/mol. The lowest BCUT2D eigenvalue weighted by atomic mass is 10.0. The van der Waals surface area contributed by atoms with E-state index in [0.717, 1.165) is 29.3 Å². The maximum atomic E-state index is 13.7.